The van der Waals surface area contributed by atoms with Gasteiger partial charge in [0.05, 0.1) is 0 Å². The van der Waals surface area contributed by atoms with E-state index in [1.165, 1.54) is 0 Å². The summed E-state index contributed by atoms with van der Waals surface area (Å²) in [5.74, 6) is -5.99. The lowest BCUT2D eigenvalue weighted by Crippen LogP contribution is -2.46. The summed E-state index contributed by atoms with van der Waals surface area (Å²) < 4.78 is 67.5. The maximum absolute atomic E-state index is 13.7. The molecule has 0 heterocycles. The minimum atomic E-state index is -3.41. The van der Waals surface area contributed by atoms with Gasteiger partial charge in [-0.25, -0.2) is 17.6 Å². The van der Waals surface area contributed by atoms with Crippen LogP contribution in [0, 0.1) is 11.6 Å². The number of nitrogens with one attached hydrogen (secondary N) is 1. The van der Waals surface area contributed by atoms with Crippen molar-refractivity contribution in [2.75, 3.05) is 0 Å². The van der Waals surface area contributed by atoms with Gasteiger partial charge in [-0.05, 0) is 26.8 Å². The number of rotatable bonds is 4. The van der Waals surface area contributed by atoms with Crippen LogP contribution in [0.15, 0.2) is 18.2 Å². The second-order valence-corrected chi connectivity index (χ2v) is 7.53. The minimum absolute atomic E-state index is 0.546. The first-order chi connectivity index (χ1) is 8.94. The van der Waals surface area contributed by atoms with Gasteiger partial charge in [-0.15, -0.1) is 4.72 Å². The van der Waals surface area contributed by atoms with E-state index < -0.39 is 45.3 Å². The summed E-state index contributed by atoms with van der Waals surface area (Å²) in [6.07, 6.45) is 0. The molecule has 2 atom stereocenters. The molecule has 1 rings (SSSR count). The van der Waals surface area contributed by atoms with E-state index in [1.807, 2.05) is 0 Å². The van der Waals surface area contributed by atoms with Gasteiger partial charge in [0.1, 0.15) is 10.8 Å². The molecule has 7 heteroatoms. The smallest absolute Gasteiger partial charge is 0.268 e. The molecule has 0 saturated carbocycles. The highest BCUT2D eigenvalue weighted by Crippen LogP contribution is 2.34. The van der Waals surface area contributed by atoms with Crippen molar-refractivity contribution in [1.29, 1.82) is 0 Å². The Kier molecular flexibility index (Phi) is 5.10. The zero-order chi connectivity index (χ0) is 15.7. The van der Waals surface area contributed by atoms with Gasteiger partial charge in [0.15, 0.2) is 11.6 Å². The molecule has 0 aliphatic heterocycles. The third-order valence-corrected chi connectivity index (χ3v) is 4.14. The molecule has 114 valence electrons. The van der Waals surface area contributed by atoms with Crippen LogP contribution in [0.1, 0.15) is 39.3 Å². The Morgan fingerprint density at radius 1 is 1.15 bits per heavy atom. The molecule has 2 nitrogen and oxygen atoms in total. The van der Waals surface area contributed by atoms with Crippen molar-refractivity contribution in [2.45, 2.75) is 44.4 Å². The lowest BCUT2D eigenvalue weighted by Gasteiger charge is -2.30. The van der Waals surface area contributed by atoms with E-state index in [0.29, 0.717) is 6.92 Å². The van der Waals surface area contributed by atoms with Crippen LogP contribution in [-0.4, -0.2) is 15.2 Å². The molecule has 0 saturated heterocycles. The SMILES string of the molecule is CC(F)(F)C(N[S+]([O-])C(C)(C)C)c1cccc(F)c1F. The first-order valence-electron chi connectivity index (χ1n) is 5.94. The van der Waals surface area contributed by atoms with Crippen molar-refractivity contribution in [3.63, 3.8) is 0 Å². The van der Waals surface area contributed by atoms with Crippen molar-refractivity contribution >= 4 is 11.4 Å². The van der Waals surface area contributed by atoms with Crippen LogP contribution >= 0.6 is 0 Å². The first-order valence-corrected chi connectivity index (χ1v) is 7.09. The highest BCUT2D eigenvalue weighted by atomic mass is 32.2. The third kappa shape index (κ3) is 4.10. The Bertz CT molecular complexity index is 470. The largest absolute Gasteiger partial charge is 0.598 e. The van der Waals surface area contributed by atoms with E-state index in [4.69, 9.17) is 0 Å². The number of benzene rings is 1. The summed E-state index contributed by atoms with van der Waals surface area (Å²) in [5.41, 5.74) is -0.546. The van der Waals surface area contributed by atoms with Crippen LogP contribution in [-0.2, 0) is 11.4 Å². The molecule has 0 aliphatic carbocycles. The topological polar surface area (TPSA) is 35.1 Å². The molecule has 0 aromatic heterocycles. The van der Waals surface area contributed by atoms with E-state index >= 15 is 0 Å². The fourth-order valence-corrected chi connectivity index (χ4v) is 2.37. The van der Waals surface area contributed by atoms with Gasteiger partial charge in [-0.2, -0.15) is 0 Å². The van der Waals surface area contributed by atoms with Gasteiger partial charge in [-0.3, -0.25) is 0 Å². The Balaban J connectivity index is 3.18. The Hall–Kier alpha value is -0.790. The Morgan fingerprint density at radius 2 is 1.70 bits per heavy atom. The quantitative estimate of drug-likeness (QED) is 0.679. The summed E-state index contributed by atoms with van der Waals surface area (Å²) >= 11 is -1.85. The minimum Gasteiger partial charge on any atom is -0.598 e. The first kappa shape index (κ1) is 17.3. The molecule has 0 spiro atoms. The summed E-state index contributed by atoms with van der Waals surface area (Å²) in [5, 5.41) is 0. The number of hydrogen-bond donors (Lipinski definition) is 1. The van der Waals surface area contributed by atoms with E-state index in [-0.39, 0.29) is 0 Å². The van der Waals surface area contributed by atoms with Crippen LogP contribution in [0.2, 0.25) is 0 Å². The Labute approximate surface area is 118 Å². The summed E-state index contributed by atoms with van der Waals surface area (Å²) in [4.78, 5) is 0. The van der Waals surface area contributed by atoms with Crippen molar-refractivity contribution in [1.82, 2.24) is 4.72 Å². The summed E-state index contributed by atoms with van der Waals surface area (Å²) in [6, 6.07) is 1.14. The van der Waals surface area contributed by atoms with Crippen LogP contribution in [0.3, 0.4) is 0 Å². The van der Waals surface area contributed by atoms with E-state index in [2.05, 4.69) is 4.72 Å². The monoisotopic (exact) mass is 311 g/mol. The van der Waals surface area contributed by atoms with E-state index in [9.17, 15) is 22.1 Å². The number of halogens is 4. The average Bonchev–Trinajstić information content (AvgIpc) is 2.27. The predicted octanol–water partition coefficient (Wildman–Crippen LogP) is 3.71. The molecule has 0 aliphatic rings. The lowest BCUT2D eigenvalue weighted by atomic mass is 10.0. The van der Waals surface area contributed by atoms with Gasteiger partial charge in [-0.1, -0.05) is 12.1 Å². The summed E-state index contributed by atoms with van der Waals surface area (Å²) in [7, 11) is 0. The fourth-order valence-electron chi connectivity index (χ4n) is 1.47. The molecule has 1 N–H and O–H groups in total. The third-order valence-electron chi connectivity index (χ3n) is 2.58. The molecule has 1 aromatic carbocycles. The summed E-state index contributed by atoms with van der Waals surface area (Å²) in [6.45, 7) is 5.32. The van der Waals surface area contributed by atoms with E-state index in [1.54, 1.807) is 20.8 Å². The fraction of sp³-hybridized carbons (Fsp3) is 0.538. The van der Waals surface area contributed by atoms with Gasteiger partial charge < -0.3 is 4.55 Å². The van der Waals surface area contributed by atoms with Gasteiger partial charge >= 0.3 is 0 Å². The predicted molar refractivity (Wildman–Crippen MR) is 70.8 cm³/mol. The molecule has 0 radical (unpaired) electrons. The number of hydrogen-bond acceptors (Lipinski definition) is 2. The molecular weight excluding hydrogens is 294 g/mol. The van der Waals surface area contributed by atoms with Crippen molar-refractivity contribution < 1.29 is 22.1 Å². The normalized spacial score (nSPS) is 16.1. The molecule has 1 aromatic rings. The van der Waals surface area contributed by atoms with Crippen LogP contribution in [0.4, 0.5) is 17.6 Å². The second-order valence-electron chi connectivity index (χ2n) is 5.53. The van der Waals surface area contributed by atoms with Crippen molar-refractivity contribution in [2.24, 2.45) is 0 Å². The van der Waals surface area contributed by atoms with Crippen LogP contribution < -0.4 is 4.72 Å². The molecular formula is C13H17F4NOS. The van der Waals surface area contributed by atoms with Crippen molar-refractivity contribution in [3.05, 3.63) is 35.4 Å². The zero-order valence-electron chi connectivity index (χ0n) is 11.6. The molecule has 20 heavy (non-hydrogen) atoms. The van der Waals surface area contributed by atoms with Gasteiger partial charge in [0, 0.05) is 23.8 Å². The lowest BCUT2D eigenvalue weighted by molar-refractivity contribution is -0.0133. The molecule has 2 unspecified atom stereocenters. The van der Waals surface area contributed by atoms with Gasteiger partial charge in [0.25, 0.3) is 5.92 Å². The molecule has 0 amide bonds. The van der Waals surface area contributed by atoms with Crippen molar-refractivity contribution in [3.8, 4) is 0 Å². The average molecular weight is 311 g/mol. The number of alkyl halides is 2. The van der Waals surface area contributed by atoms with Crippen LogP contribution in [0.25, 0.3) is 0 Å². The molecule has 0 bridgehead atoms. The maximum atomic E-state index is 13.7. The highest BCUT2D eigenvalue weighted by Gasteiger charge is 2.43. The Morgan fingerprint density at radius 3 is 2.15 bits per heavy atom. The standard InChI is InChI=1S/C13H17F4NOS/c1-12(2,3)20(19)18-11(13(4,16)17)8-6-5-7-9(14)10(8)15/h5-7,11,18H,1-4H3. The van der Waals surface area contributed by atoms with Crippen LogP contribution in [0.5, 0.6) is 0 Å². The van der Waals surface area contributed by atoms with Gasteiger partial charge in [0.2, 0.25) is 0 Å². The highest BCUT2D eigenvalue weighted by molar-refractivity contribution is 7.90. The van der Waals surface area contributed by atoms with E-state index in [0.717, 1.165) is 18.2 Å². The molecule has 0 fully saturated rings. The second kappa shape index (κ2) is 5.91. The zero-order valence-corrected chi connectivity index (χ0v) is 12.5. The maximum Gasteiger partial charge on any atom is 0.268 e.